The second-order valence-corrected chi connectivity index (χ2v) is 9.76. The number of nitrogens with one attached hydrogen (secondary N) is 1. The molecule has 1 aromatic carbocycles. The lowest BCUT2D eigenvalue weighted by molar-refractivity contribution is -0.115. The number of aromatic nitrogens is 3. The average molecular weight is 471 g/mol. The van der Waals surface area contributed by atoms with Crippen molar-refractivity contribution >= 4 is 28.3 Å². The van der Waals surface area contributed by atoms with E-state index in [9.17, 15) is 14.7 Å². The fourth-order valence-corrected chi connectivity index (χ4v) is 4.23. The number of nitrogens with zero attached hydrogens (tertiary/aromatic N) is 3. The highest BCUT2D eigenvalue weighted by Gasteiger charge is 2.19. The van der Waals surface area contributed by atoms with E-state index in [1.165, 1.54) is 12.4 Å². The number of hydrogen-bond acceptors (Lipinski definition) is 5. The molecule has 0 radical (unpaired) electrons. The van der Waals surface area contributed by atoms with Gasteiger partial charge in [0.15, 0.2) is 5.78 Å². The summed E-state index contributed by atoms with van der Waals surface area (Å²) in [6.07, 6.45) is 8.97. The fraction of sp³-hybridized carbons (Fsp3) is 0.286. The van der Waals surface area contributed by atoms with E-state index in [0.717, 1.165) is 22.0 Å². The van der Waals surface area contributed by atoms with Crippen LogP contribution in [0.4, 0.5) is 5.69 Å². The summed E-state index contributed by atoms with van der Waals surface area (Å²) in [6.45, 7) is 7.63. The molecule has 0 saturated carbocycles. The Kier molecular flexibility index (Phi) is 6.80. The molecular weight excluding hydrogens is 440 g/mol. The zero-order chi connectivity index (χ0) is 25.2. The maximum atomic E-state index is 13.4. The molecule has 180 valence electrons. The second kappa shape index (κ2) is 9.80. The van der Waals surface area contributed by atoms with Crippen molar-refractivity contribution in [1.29, 1.82) is 0 Å². The van der Waals surface area contributed by atoms with Gasteiger partial charge in [0.2, 0.25) is 5.91 Å². The van der Waals surface area contributed by atoms with Gasteiger partial charge in [0, 0.05) is 53.8 Å². The van der Waals surface area contributed by atoms with Crippen molar-refractivity contribution in [2.75, 3.05) is 5.32 Å². The fourth-order valence-electron chi connectivity index (χ4n) is 4.23. The molecule has 1 amide bonds. The summed E-state index contributed by atoms with van der Waals surface area (Å²) in [4.78, 5) is 34.4. The van der Waals surface area contributed by atoms with Crippen molar-refractivity contribution in [3.63, 3.8) is 0 Å². The quantitative estimate of drug-likeness (QED) is 0.363. The van der Waals surface area contributed by atoms with Gasteiger partial charge in [-0.05, 0) is 51.0 Å². The summed E-state index contributed by atoms with van der Waals surface area (Å²) < 4.78 is 2.05. The van der Waals surface area contributed by atoms with E-state index >= 15 is 0 Å². The Morgan fingerprint density at radius 2 is 1.83 bits per heavy atom. The molecule has 0 aliphatic heterocycles. The first-order valence-corrected chi connectivity index (χ1v) is 11.6. The molecule has 4 aromatic rings. The number of aliphatic hydroxyl groups is 1. The summed E-state index contributed by atoms with van der Waals surface area (Å²) in [5.74, 6) is -0.386. The molecule has 0 bridgehead atoms. The molecular formula is C28H30N4O3. The van der Waals surface area contributed by atoms with Crippen LogP contribution < -0.4 is 5.32 Å². The number of carbonyl (C=O) groups is 2. The van der Waals surface area contributed by atoms with Crippen LogP contribution in [-0.4, -0.2) is 36.9 Å². The number of fused-ring (bicyclic) bond motifs is 1. The molecule has 7 nitrogen and oxygen atoms in total. The molecule has 35 heavy (non-hydrogen) atoms. The Morgan fingerprint density at radius 1 is 1.06 bits per heavy atom. The normalized spacial score (nSPS) is 11.7. The summed E-state index contributed by atoms with van der Waals surface area (Å²) in [6, 6.07) is 11.4. The predicted octanol–water partition coefficient (Wildman–Crippen LogP) is 4.74. The number of rotatable bonds is 8. The van der Waals surface area contributed by atoms with Crippen molar-refractivity contribution in [2.45, 2.75) is 52.2 Å². The molecule has 0 saturated heterocycles. The highest BCUT2D eigenvalue weighted by molar-refractivity contribution is 6.16. The first kappa shape index (κ1) is 24.3. The van der Waals surface area contributed by atoms with Crippen LogP contribution in [-0.2, 0) is 17.6 Å². The molecule has 2 N–H and O–H groups in total. The molecule has 0 aliphatic carbocycles. The number of hydrogen-bond donors (Lipinski definition) is 2. The number of pyridine rings is 2. The first-order valence-electron chi connectivity index (χ1n) is 11.6. The minimum Gasteiger partial charge on any atom is -0.390 e. The highest BCUT2D eigenvalue weighted by Crippen LogP contribution is 2.26. The Hall–Kier alpha value is -3.84. The summed E-state index contributed by atoms with van der Waals surface area (Å²) >= 11 is 0. The van der Waals surface area contributed by atoms with Gasteiger partial charge in [-0.15, -0.1) is 0 Å². The lowest BCUT2D eigenvalue weighted by Crippen LogP contribution is -2.22. The third-order valence-electron chi connectivity index (χ3n) is 5.71. The van der Waals surface area contributed by atoms with Gasteiger partial charge in [-0.2, -0.15) is 0 Å². The topological polar surface area (TPSA) is 97.1 Å². The van der Waals surface area contributed by atoms with Crippen LogP contribution in [0.25, 0.3) is 10.9 Å². The maximum absolute atomic E-state index is 13.4. The first-order chi connectivity index (χ1) is 16.6. The van der Waals surface area contributed by atoms with Crippen LogP contribution in [0.3, 0.4) is 0 Å². The SMILES string of the molecule is CC(C)n1cc(C(=O)c2cncc(NC(=O)Cc3cccc(CC(C)(C)O)c3)c2)c2cnccc21. The zero-order valence-corrected chi connectivity index (χ0v) is 20.4. The molecule has 0 fully saturated rings. The number of amides is 1. The van der Waals surface area contributed by atoms with E-state index in [2.05, 4.69) is 33.7 Å². The Bertz CT molecular complexity index is 1380. The Labute approximate surface area is 204 Å². The number of anilines is 1. The molecule has 3 aromatic heterocycles. The predicted molar refractivity (Wildman–Crippen MR) is 137 cm³/mol. The monoisotopic (exact) mass is 470 g/mol. The van der Waals surface area contributed by atoms with Crippen molar-refractivity contribution in [3.8, 4) is 0 Å². The van der Waals surface area contributed by atoms with Crippen molar-refractivity contribution in [3.05, 3.63) is 89.6 Å². The van der Waals surface area contributed by atoms with E-state index in [1.807, 2.05) is 36.5 Å². The van der Waals surface area contributed by atoms with E-state index in [0.29, 0.717) is 23.2 Å². The van der Waals surface area contributed by atoms with Gasteiger partial charge in [-0.1, -0.05) is 24.3 Å². The Balaban J connectivity index is 1.51. The smallest absolute Gasteiger partial charge is 0.228 e. The van der Waals surface area contributed by atoms with E-state index in [1.54, 1.807) is 32.3 Å². The zero-order valence-electron chi connectivity index (χ0n) is 20.4. The second-order valence-electron chi connectivity index (χ2n) is 9.76. The molecule has 0 aliphatic rings. The molecule has 0 atom stereocenters. The summed E-state index contributed by atoms with van der Waals surface area (Å²) in [5.41, 5.74) is 3.33. The van der Waals surface area contributed by atoms with E-state index in [4.69, 9.17) is 0 Å². The van der Waals surface area contributed by atoms with Crippen LogP contribution in [0, 0.1) is 0 Å². The van der Waals surface area contributed by atoms with Crippen LogP contribution in [0.2, 0.25) is 0 Å². The summed E-state index contributed by atoms with van der Waals surface area (Å²) in [5, 5.41) is 13.7. The van der Waals surface area contributed by atoms with Gasteiger partial charge < -0.3 is 15.0 Å². The standard InChI is InChI=1S/C28H30N4O3/c1-18(2)32-17-24(23-16-29-9-8-25(23)32)27(34)21-12-22(15-30-14-21)31-26(33)11-19-6-5-7-20(10-19)13-28(3,4)35/h5-10,12,14-18,35H,11,13H2,1-4H3,(H,31,33). The average Bonchev–Trinajstić information content (AvgIpc) is 3.18. The number of ketones is 1. The summed E-state index contributed by atoms with van der Waals surface area (Å²) in [7, 11) is 0. The van der Waals surface area contributed by atoms with E-state index in [-0.39, 0.29) is 24.2 Å². The van der Waals surface area contributed by atoms with Gasteiger partial charge in [0.05, 0.1) is 29.4 Å². The Morgan fingerprint density at radius 3 is 2.57 bits per heavy atom. The number of benzene rings is 1. The molecule has 4 rings (SSSR count). The largest absolute Gasteiger partial charge is 0.390 e. The van der Waals surface area contributed by atoms with Crippen molar-refractivity contribution < 1.29 is 14.7 Å². The minimum atomic E-state index is -0.822. The van der Waals surface area contributed by atoms with Crippen molar-refractivity contribution in [1.82, 2.24) is 14.5 Å². The van der Waals surface area contributed by atoms with Gasteiger partial charge in [-0.3, -0.25) is 19.6 Å². The molecule has 0 unspecified atom stereocenters. The van der Waals surface area contributed by atoms with Gasteiger partial charge >= 0.3 is 0 Å². The molecule has 7 heteroatoms. The van der Waals surface area contributed by atoms with Crippen molar-refractivity contribution in [2.24, 2.45) is 0 Å². The highest BCUT2D eigenvalue weighted by atomic mass is 16.3. The lowest BCUT2D eigenvalue weighted by Gasteiger charge is -2.17. The number of carbonyl (C=O) groups excluding carboxylic acids is 2. The third kappa shape index (κ3) is 5.81. The van der Waals surface area contributed by atoms with Crippen LogP contribution in [0.15, 0.2) is 67.4 Å². The van der Waals surface area contributed by atoms with E-state index < -0.39 is 5.60 Å². The molecule has 0 spiro atoms. The maximum Gasteiger partial charge on any atom is 0.228 e. The van der Waals surface area contributed by atoms with Crippen LogP contribution in [0.5, 0.6) is 0 Å². The molecule has 3 heterocycles. The van der Waals surface area contributed by atoms with Gasteiger partial charge in [0.1, 0.15) is 0 Å². The van der Waals surface area contributed by atoms with Gasteiger partial charge in [0.25, 0.3) is 0 Å². The van der Waals surface area contributed by atoms with Crippen LogP contribution >= 0.6 is 0 Å². The lowest BCUT2D eigenvalue weighted by atomic mass is 9.97. The minimum absolute atomic E-state index is 0.172. The van der Waals surface area contributed by atoms with Crippen LogP contribution in [0.1, 0.15) is 60.8 Å². The van der Waals surface area contributed by atoms with Gasteiger partial charge in [-0.25, -0.2) is 0 Å². The third-order valence-corrected chi connectivity index (χ3v) is 5.71.